The van der Waals surface area contributed by atoms with E-state index >= 15 is 0 Å². The van der Waals surface area contributed by atoms with Gasteiger partial charge in [0.25, 0.3) is 0 Å². The highest BCUT2D eigenvalue weighted by molar-refractivity contribution is 6.35. The molecule has 166 valence electrons. The molecule has 1 amide bonds. The fraction of sp³-hybridized carbons (Fsp3) is 0.154. The Hall–Kier alpha value is -3.77. The molecular weight excluding hydrogens is 440 g/mol. The zero-order valence-corrected chi connectivity index (χ0v) is 18.3. The summed E-state index contributed by atoms with van der Waals surface area (Å²) in [6, 6.07) is 20.4. The smallest absolute Gasteiger partial charge is 0.407 e. The number of fused-ring (bicyclic) bond motifs is 4. The molecule has 1 aromatic heterocycles. The topological polar surface area (TPSA) is 91.4 Å². The van der Waals surface area contributed by atoms with E-state index < -0.39 is 18.1 Å². The molecule has 0 aliphatic heterocycles. The number of aromatic nitrogens is 1. The lowest BCUT2D eigenvalue weighted by molar-refractivity contribution is -0.139. The maximum atomic E-state index is 12.6. The number of halogens is 1. The molecule has 4 aromatic rings. The summed E-state index contributed by atoms with van der Waals surface area (Å²) in [5.41, 5.74) is 5.93. The van der Waals surface area contributed by atoms with Crippen LogP contribution in [0.3, 0.4) is 0 Å². The number of carboxylic acids is 1. The highest BCUT2D eigenvalue weighted by atomic mass is 35.5. The molecule has 0 bridgehead atoms. The number of rotatable bonds is 6. The summed E-state index contributed by atoms with van der Waals surface area (Å²) in [5, 5.41) is 13.6. The number of alkyl carbamates (subject to hydrolysis) is 1. The van der Waals surface area contributed by atoms with Gasteiger partial charge in [0.05, 0.1) is 10.5 Å². The van der Waals surface area contributed by atoms with Crippen molar-refractivity contribution in [1.29, 1.82) is 0 Å². The van der Waals surface area contributed by atoms with Gasteiger partial charge in [-0.1, -0.05) is 72.3 Å². The van der Waals surface area contributed by atoms with E-state index in [4.69, 9.17) is 16.3 Å². The molecule has 0 radical (unpaired) electrons. The van der Waals surface area contributed by atoms with Crippen molar-refractivity contribution in [1.82, 2.24) is 10.3 Å². The average molecular weight is 461 g/mol. The van der Waals surface area contributed by atoms with Crippen LogP contribution in [0.15, 0.2) is 72.9 Å². The monoisotopic (exact) mass is 460 g/mol. The number of hydrogen-bond donors (Lipinski definition) is 3. The molecule has 3 aromatic carbocycles. The number of benzene rings is 3. The number of ether oxygens (including phenoxy) is 1. The van der Waals surface area contributed by atoms with Gasteiger partial charge in [0, 0.05) is 23.9 Å². The molecule has 0 saturated heterocycles. The van der Waals surface area contributed by atoms with Crippen LogP contribution in [-0.4, -0.2) is 34.8 Å². The Balaban J connectivity index is 1.29. The van der Waals surface area contributed by atoms with E-state index in [9.17, 15) is 14.7 Å². The maximum Gasteiger partial charge on any atom is 0.407 e. The Morgan fingerprint density at radius 1 is 1.00 bits per heavy atom. The molecule has 1 atom stereocenters. The Labute approximate surface area is 195 Å². The van der Waals surface area contributed by atoms with E-state index in [0.717, 1.165) is 38.7 Å². The minimum absolute atomic E-state index is 0.0952. The van der Waals surface area contributed by atoms with Crippen LogP contribution in [0.5, 0.6) is 0 Å². The molecule has 7 heteroatoms. The van der Waals surface area contributed by atoms with Gasteiger partial charge in [-0.25, -0.2) is 9.59 Å². The van der Waals surface area contributed by atoms with Crippen molar-refractivity contribution in [3.63, 3.8) is 0 Å². The van der Waals surface area contributed by atoms with Gasteiger partial charge in [0.1, 0.15) is 12.6 Å². The van der Waals surface area contributed by atoms with Crippen LogP contribution in [0.25, 0.3) is 22.0 Å². The van der Waals surface area contributed by atoms with E-state index in [2.05, 4.69) is 22.4 Å². The molecule has 1 aliphatic rings. The first-order valence-electron chi connectivity index (χ1n) is 10.6. The van der Waals surface area contributed by atoms with Crippen molar-refractivity contribution in [3.05, 3.63) is 94.6 Å². The van der Waals surface area contributed by atoms with Gasteiger partial charge < -0.3 is 20.1 Å². The van der Waals surface area contributed by atoms with Crippen LogP contribution in [0.4, 0.5) is 4.79 Å². The van der Waals surface area contributed by atoms with Crippen LogP contribution in [0.2, 0.25) is 5.02 Å². The van der Waals surface area contributed by atoms with Crippen LogP contribution < -0.4 is 5.32 Å². The highest BCUT2D eigenvalue weighted by Crippen LogP contribution is 2.44. The summed E-state index contributed by atoms with van der Waals surface area (Å²) in [6.07, 6.45) is 1.05. The molecule has 5 rings (SSSR count). The SMILES string of the molecule is O=C(NC(Cc1c[nH]c2c(Cl)cccc12)C(=O)O)OCC1c2ccccc2-c2ccccc21. The van der Waals surface area contributed by atoms with Crippen LogP contribution in [0, 0.1) is 0 Å². The summed E-state index contributed by atoms with van der Waals surface area (Å²) >= 11 is 6.19. The van der Waals surface area contributed by atoms with Crippen molar-refractivity contribution in [2.24, 2.45) is 0 Å². The maximum absolute atomic E-state index is 12.6. The van der Waals surface area contributed by atoms with E-state index in [-0.39, 0.29) is 18.9 Å². The van der Waals surface area contributed by atoms with Gasteiger partial charge in [-0.05, 0) is 33.9 Å². The number of para-hydroxylation sites is 1. The second kappa shape index (κ2) is 8.64. The van der Waals surface area contributed by atoms with Gasteiger partial charge >= 0.3 is 12.1 Å². The molecule has 6 nitrogen and oxygen atoms in total. The van der Waals surface area contributed by atoms with E-state index in [1.165, 1.54) is 0 Å². The average Bonchev–Trinajstić information content (AvgIpc) is 3.37. The molecule has 0 spiro atoms. The van der Waals surface area contributed by atoms with E-state index in [1.807, 2.05) is 42.5 Å². The zero-order valence-electron chi connectivity index (χ0n) is 17.5. The third kappa shape index (κ3) is 3.94. The summed E-state index contributed by atoms with van der Waals surface area (Å²) in [7, 11) is 0. The minimum Gasteiger partial charge on any atom is -0.480 e. The third-order valence-corrected chi connectivity index (χ3v) is 6.42. The molecular formula is C26H21ClN2O4. The van der Waals surface area contributed by atoms with Gasteiger partial charge in [-0.2, -0.15) is 0 Å². The molecule has 0 fully saturated rings. The number of carbonyl (C=O) groups excluding carboxylic acids is 1. The van der Waals surface area contributed by atoms with Crippen molar-refractivity contribution in [3.8, 4) is 11.1 Å². The molecule has 0 saturated carbocycles. The second-order valence-electron chi connectivity index (χ2n) is 8.04. The number of amides is 1. The van der Waals surface area contributed by atoms with Crippen molar-refractivity contribution in [2.45, 2.75) is 18.4 Å². The number of hydrogen-bond acceptors (Lipinski definition) is 3. The Morgan fingerprint density at radius 2 is 1.67 bits per heavy atom. The number of aromatic amines is 1. The molecule has 3 N–H and O–H groups in total. The van der Waals surface area contributed by atoms with Gasteiger partial charge in [0.2, 0.25) is 0 Å². The zero-order chi connectivity index (χ0) is 22.9. The number of nitrogens with one attached hydrogen (secondary N) is 2. The summed E-state index contributed by atoms with van der Waals surface area (Å²) < 4.78 is 5.50. The van der Waals surface area contributed by atoms with Crippen LogP contribution in [0.1, 0.15) is 22.6 Å². The van der Waals surface area contributed by atoms with Crippen molar-refractivity contribution in [2.75, 3.05) is 6.61 Å². The fourth-order valence-electron chi connectivity index (χ4n) is 4.55. The summed E-state index contributed by atoms with van der Waals surface area (Å²) in [6.45, 7) is 0.120. The molecule has 1 unspecified atom stereocenters. The molecule has 1 heterocycles. The van der Waals surface area contributed by atoms with E-state index in [0.29, 0.717) is 5.02 Å². The quantitative estimate of drug-likeness (QED) is 0.361. The van der Waals surface area contributed by atoms with Gasteiger partial charge in [0.15, 0.2) is 0 Å². The Kier molecular flexibility index (Phi) is 5.52. The molecule has 1 aliphatic carbocycles. The van der Waals surface area contributed by atoms with Gasteiger partial charge in [-0.15, -0.1) is 0 Å². The Bertz CT molecular complexity index is 1320. The van der Waals surface area contributed by atoms with E-state index in [1.54, 1.807) is 18.3 Å². The lowest BCUT2D eigenvalue weighted by atomic mass is 9.98. The largest absolute Gasteiger partial charge is 0.480 e. The number of carbonyl (C=O) groups is 2. The predicted octanol–water partition coefficient (Wildman–Crippen LogP) is 5.36. The summed E-state index contributed by atoms with van der Waals surface area (Å²) in [5.74, 6) is -1.23. The first-order valence-corrected chi connectivity index (χ1v) is 11.0. The highest BCUT2D eigenvalue weighted by Gasteiger charge is 2.30. The van der Waals surface area contributed by atoms with Crippen LogP contribution >= 0.6 is 11.6 Å². The second-order valence-corrected chi connectivity index (χ2v) is 8.45. The number of carboxylic acid groups (broad SMARTS) is 1. The van der Waals surface area contributed by atoms with Crippen LogP contribution in [-0.2, 0) is 16.0 Å². The Morgan fingerprint density at radius 3 is 2.33 bits per heavy atom. The number of aliphatic carboxylic acids is 1. The van der Waals surface area contributed by atoms with Gasteiger partial charge in [-0.3, -0.25) is 0 Å². The standard InChI is InChI=1S/C26H21ClN2O4/c27-22-11-5-10-16-15(13-28-24(16)22)12-23(25(30)31)29-26(32)33-14-21-19-8-3-1-6-17(19)18-7-2-4-9-20(18)21/h1-11,13,21,23,28H,12,14H2,(H,29,32)(H,30,31). The normalized spacial score (nSPS) is 13.4. The first-order chi connectivity index (χ1) is 16.0. The predicted molar refractivity (Wildman–Crippen MR) is 127 cm³/mol. The fourth-order valence-corrected chi connectivity index (χ4v) is 4.78. The molecule has 33 heavy (non-hydrogen) atoms. The lowest BCUT2D eigenvalue weighted by Gasteiger charge is -2.17. The first kappa shape index (κ1) is 21.1. The third-order valence-electron chi connectivity index (χ3n) is 6.11. The lowest BCUT2D eigenvalue weighted by Crippen LogP contribution is -2.42. The number of H-pyrrole nitrogens is 1. The van der Waals surface area contributed by atoms with Crippen molar-refractivity contribution >= 4 is 34.6 Å². The summed E-state index contributed by atoms with van der Waals surface area (Å²) in [4.78, 5) is 27.5. The minimum atomic E-state index is -1.14. The van der Waals surface area contributed by atoms with Crippen molar-refractivity contribution < 1.29 is 19.4 Å².